The van der Waals surface area contributed by atoms with Gasteiger partial charge in [0, 0.05) is 31.4 Å². The molecule has 2 heterocycles. The van der Waals surface area contributed by atoms with Crippen molar-refractivity contribution < 1.29 is 17.9 Å². The molecule has 0 unspecified atom stereocenters. The Morgan fingerprint density at radius 2 is 2.04 bits per heavy atom. The van der Waals surface area contributed by atoms with Crippen molar-refractivity contribution in [1.82, 2.24) is 14.6 Å². The molecule has 1 saturated carbocycles. The highest BCUT2D eigenvalue weighted by Gasteiger charge is 2.41. The molecule has 1 amide bonds. The molecule has 0 atom stereocenters. The van der Waals surface area contributed by atoms with Crippen molar-refractivity contribution in [3.05, 3.63) is 24.0 Å². The number of aromatic nitrogens is 1. The number of sulfonamides is 1. The van der Waals surface area contributed by atoms with Gasteiger partial charge in [0.1, 0.15) is 16.7 Å². The minimum atomic E-state index is -3.36. The van der Waals surface area contributed by atoms with E-state index in [9.17, 15) is 13.2 Å². The Hall–Kier alpha value is -1.67. The van der Waals surface area contributed by atoms with Crippen LogP contribution in [0.4, 0.5) is 0 Å². The summed E-state index contributed by atoms with van der Waals surface area (Å²) in [7, 11) is -1.84. The number of amides is 1. The van der Waals surface area contributed by atoms with E-state index < -0.39 is 15.3 Å². The first-order chi connectivity index (χ1) is 11.0. The molecule has 0 bridgehead atoms. The molecule has 0 spiro atoms. The van der Waals surface area contributed by atoms with Crippen LogP contribution in [0.15, 0.2) is 18.3 Å². The van der Waals surface area contributed by atoms with Crippen LogP contribution in [0, 0.1) is 0 Å². The third-order valence-corrected chi connectivity index (χ3v) is 6.28. The standard InChI is InChI=1S/C15H21N3O4S/c1-22-12-6-7-16-14(8-12)15(19)18-9-13(10-18)23(20,21)17-11-4-2-3-5-11/h6-8,11,13,17H,2-5,9-10H2,1H3. The van der Waals surface area contributed by atoms with Crippen LogP contribution in [-0.4, -0.2) is 55.7 Å². The van der Waals surface area contributed by atoms with E-state index in [2.05, 4.69) is 9.71 Å². The summed E-state index contributed by atoms with van der Waals surface area (Å²) in [6.07, 6.45) is 5.46. The average molecular weight is 339 g/mol. The number of hydrogen-bond donors (Lipinski definition) is 1. The second-order valence-corrected chi connectivity index (χ2v) is 8.05. The molecule has 23 heavy (non-hydrogen) atoms. The molecule has 2 fully saturated rings. The number of ether oxygens (including phenoxy) is 1. The fourth-order valence-electron chi connectivity index (χ4n) is 2.99. The van der Waals surface area contributed by atoms with Gasteiger partial charge in [-0.15, -0.1) is 0 Å². The molecule has 1 N–H and O–H groups in total. The number of methoxy groups -OCH3 is 1. The van der Waals surface area contributed by atoms with Crippen molar-refractivity contribution in [2.75, 3.05) is 20.2 Å². The molecule has 0 radical (unpaired) electrons. The number of carbonyl (C=O) groups is 1. The van der Waals surface area contributed by atoms with E-state index in [1.165, 1.54) is 18.2 Å². The van der Waals surface area contributed by atoms with Gasteiger partial charge in [0.2, 0.25) is 10.0 Å². The van der Waals surface area contributed by atoms with Crippen molar-refractivity contribution in [3.8, 4) is 5.75 Å². The molecule has 7 nitrogen and oxygen atoms in total. The molecule has 1 saturated heterocycles. The predicted molar refractivity (Wildman–Crippen MR) is 84.8 cm³/mol. The number of carbonyl (C=O) groups excluding carboxylic acids is 1. The monoisotopic (exact) mass is 339 g/mol. The number of nitrogens with zero attached hydrogens (tertiary/aromatic N) is 2. The Kier molecular flexibility index (Phi) is 4.54. The first-order valence-corrected chi connectivity index (χ1v) is 9.34. The van der Waals surface area contributed by atoms with Crippen molar-refractivity contribution in [2.45, 2.75) is 37.0 Å². The molecule has 1 aromatic heterocycles. The van der Waals surface area contributed by atoms with E-state index in [0.29, 0.717) is 5.75 Å². The summed E-state index contributed by atoms with van der Waals surface area (Å²) < 4.78 is 32.4. The van der Waals surface area contributed by atoms with Gasteiger partial charge >= 0.3 is 0 Å². The van der Waals surface area contributed by atoms with Crippen LogP contribution in [0.1, 0.15) is 36.2 Å². The van der Waals surface area contributed by atoms with E-state index in [0.717, 1.165) is 25.7 Å². The maximum Gasteiger partial charge on any atom is 0.272 e. The molecular formula is C15H21N3O4S. The van der Waals surface area contributed by atoms with Gasteiger partial charge in [-0.3, -0.25) is 9.78 Å². The van der Waals surface area contributed by atoms with E-state index in [1.54, 1.807) is 12.1 Å². The van der Waals surface area contributed by atoms with Gasteiger partial charge in [-0.05, 0) is 18.9 Å². The van der Waals surface area contributed by atoms with E-state index in [-0.39, 0.29) is 30.7 Å². The van der Waals surface area contributed by atoms with Gasteiger partial charge in [0.05, 0.1) is 7.11 Å². The van der Waals surface area contributed by atoms with Crippen LogP contribution in [0.5, 0.6) is 5.75 Å². The molecule has 1 aliphatic carbocycles. The van der Waals surface area contributed by atoms with Crippen LogP contribution in [-0.2, 0) is 10.0 Å². The third kappa shape index (κ3) is 3.48. The minimum absolute atomic E-state index is 0.0600. The summed E-state index contributed by atoms with van der Waals surface area (Å²) in [4.78, 5) is 17.8. The summed E-state index contributed by atoms with van der Waals surface area (Å²) in [6, 6.07) is 3.27. The molecule has 1 aromatic rings. The lowest BCUT2D eigenvalue weighted by Crippen LogP contribution is -2.60. The van der Waals surface area contributed by atoms with E-state index >= 15 is 0 Å². The van der Waals surface area contributed by atoms with Crippen molar-refractivity contribution >= 4 is 15.9 Å². The maximum atomic E-state index is 12.3. The fraction of sp³-hybridized carbons (Fsp3) is 0.600. The predicted octanol–water partition coefficient (Wildman–Crippen LogP) is 0.777. The topological polar surface area (TPSA) is 88.6 Å². The van der Waals surface area contributed by atoms with Gasteiger partial charge in [-0.2, -0.15) is 0 Å². The van der Waals surface area contributed by atoms with Gasteiger partial charge < -0.3 is 9.64 Å². The average Bonchev–Trinajstić information content (AvgIpc) is 2.97. The lowest BCUT2D eigenvalue weighted by atomic mass is 10.2. The lowest BCUT2D eigenvalue weighted by Gasteiger charge is -2.38. The van der Waals surface area contributed by atoms with Gasteiger partial charge in [0.25, 0.3) is 5.91 Å². The SMILES string of the molecule is COc1ccnc(C(=O)N2CC(S(=O)(=O)NC3CCCC3)C2)c1. The minimum Gasteiger partial charge on any atom is -0.497 e. The highest BCUT2D eigenvalue weighted by atomic mass is 32.2. The number of likely N-dealkylation sites (tertiary alicyclic amines) is 1. The zero-order valence-corrected chi connectivity index (χ0v) is 13.9. The van der Waals surface area contributed by atoms with Crippen LogP contribution < -0.4 is 9.46 Å². The lowest BCUT2D eigenvalue weighted by molar-refractivity contribution is 0.0651. The number of rotatable bonds is 5. The number of pyridine rings is 1. The van der Waals surface area contributed by atoms with Crippen LogP contribution >= 0.6 is 0 Å². The third-order valence-electron chi connectivity index (χ3n) is 4.45. The molecule has 2 aliphatic rings. The maximum absolute atomic E-state index is 12.3. The van der Waals surface area contributed by atoms with Crippen molar-refractivity contribution in [2.24, 2.45) is 0 Å². The Balaban J connectivity index is 1.58. The first kappa shape index (κ1) is 16.2. The summed E-state index contributed by atoms with van der Waals surface area (Å²) >= 11 is 0. The quantitative estimate of drug-likeness (QED) is 0.856. The normalized spacial score (nSPS) is 19.6. The van der Waals surface area contributed by atoms with Crippen LogP contribution in [0.3, 0.4) is 0 Å². The molecule has 3 rings (SSSR count). The summed E-state index contributed by atoms with van der Waals surface area (Å²) in [5, 5.41) is -0.530. The number of nitrogens with one attached hydrogen (secondary N) is 1. The molecule has 1 aliphatic heterocycles. The zero-order chi connectivity index (χ0) is 16.4. The summed E-state index contributed by atoms with van der Waals surface area (Å²) in [5.74, 6) is 0.284. The second-order valence-electron chi connectivity index (χ2n) is 6.06. The number of hydrogen-bond acceptors (Lipinski definition) is 5. The molecule has 0 aromatic carbocycles. The molecule has 8 heteroatoms. The molecular weight excluding hydrogens is 318 g/mol. The van der Waals surface area contributed by atoms with Gasteiger partial charge in [-0.25, -0.2) is 13.1 Å². The summed E-state index contributed by atoms with van der Waals surface area (Å²) in [5.41, 5.74) is 0.268. The first-order valence-electron chi connectivity index (χ1n) is 7.80. The Bertz CT molecular complexity index is 680. The smallest absolute Gasteiger partial charge is 0.272 e. The Morgan fingerprint density at radius 1 is 1.35 bits per heavy atom. The van der Waals surface area contributed by atoms with Crippen molar-refractivity contribution in [3.63, 3.8) is 0 Å². The zero-order valence-electron chi connectivity index (χ0n) is 13.1. The largest absolute Gasteiger partial charge is 0.497 e. The fourth-order valence-corrected chi connectivity index (χ4v) is 4.63. The van der Waals surface area contributed by atoms with Crippen LogP contribution in [0.25, 0.3) is 0 Å². The highest BCUT2D eigenvalue weighted by molar-refractivity contribution is 7.90. The molecule has 126 valence electrons. The van der Waals surface area contributed by atoms with Crippen molar-refractivity contribution in [1.29, 1.82) is 0 Å². The van der Waals surface area contributed by atoms with E-state index in [1.807, 2.05) is 0 Å². The van der Waals surface area contributed by atoms with Crippen LogP contribution in [0.2, 0.25) is 0 Å². The summed E-state index contributed by atoms with van der Waals surface area (Å²) in [6.45, 7) is 0.416. The van der Waals surface area contributed by atoms with Gasteiger partial charge in [0.15, 0.2) is 0 Å². The second kappa shape index (κ2) is 6.45. The Morgan fingerprint density at radius 3 is 2.70 bits per heavy atom. The highest BCUT2D eigenvalue weighted by Crippen LogP contribution is 2.23. The van der Waals surface area contributed by atoms with E-state index in [4.69, 9.17) is 4.74 Å². The van der Waals surface area contributed by atoms with Gasteiger partial charge in [-0.1, -0.05) is 12.8 Å². The Labute approximate surface area is 136 Å².